The van der Waals surface area contributed by atoms with E-state index in [2.05, 4.69) is 10.2 Å². The number of aromatic nitrogens is 2. The smallest absolute Gasteiger partial charge is 0.243 e. The van der Waals surface area contributed by atoms with Crippen LogP contribution >= 0.6 is 0 Å². The first-order valence-corrected chi connectivity index (χ1v) is 8.98. The Labute approximate surface area is 140 Å². The fourth-order valence-electron chi connectivity index (χ4n) is 2.59. The molecule has 0 spiro atoms. The average Bonchev–Trinajstić information content (AvgIpc) is 2.63. The van der Waals surface area contributed by atoms with Crippen LogP contribution in [-0.2, 0) is 10.0 Å². The summed E-state index contributed by atoms with van der Waals surface area (Å²) in [6.45, 7) is 0.710. The van der Waals surface area contributed by atoms with Crippen LogP contribution in [0.4, 0.5) is 0 Å². The normalized spacial score (nSPS) is 18.7. The summed E-state index contributed by atoms with van der Waals surface area (Å²) in [6.07, 6.45) is 2.76. The van der Waals surface area contributed by atoms with E-state index < -0.39 is 10.0 Å². The van der Waals surface area contributed by atoms with Crippen molar-refractivity contribution in [2.75, 3.05) is 13.1 Å². The molecule has 1 saturated heterocycles. The first-order valence-electron chi connectivity index (χ1n) is 7.54. The number of hydrogen-bond donors (Lipinski definition) is 0. The number of benzene rings is 1. The van der Waals surface area contributed by atoms with Gasteiger partial charge >= 0.3 is 0 Å². The van der Waals surface area contributed by atoms with Gasteiger partial charge in [0.25, 0.3) is 0 Å². The molecule has 1 aliphatic heterocycles. The monoisotopic (exact) mass is 344 g/mol. The van der Waals surface area contributed by atoms with Crippen LogP contribution in [0.25, 0.3) is 0 Å². The van der Waals surface area contributed by atoms with Crippen molar-refractivity contribution in [1.82, 2.24) is 14.5 Å². The van der Waals surface area contributed by atoms with E-state index in [0.717, 1.165) is 6.42 Å². The molecule has 124 valence electrons. The summed E-state index contributed by atoms with van der Waals surface area (Å²) < 4.78 is 32.6. The third-order valence-corrected chi connectivity index (χ3v) is 5.68. The van der Waals surface area contributed by atoms with Crippen LogP contribution < -0.4 is 4.74 Å². The fraction of sp³-hybridized carbons (Fsp3) is 0.312. The maximum atomic E-state index is 12.7. The third kappa shape index (κ3) is 3.53. The quantitative estimate of drug-likeness (QED) is 0.835. The molecule has 8 heteroatoms. The molecule has 1 fully saturated rings. The van der Waals surface area contributed by atoms with Crippen LogP contribution in [0.1, 0.15) is 18.4 Å². The van der Waals surface area contributed by atoms with Gasteiger partial charge in [-0.2, -0.15) is 14.7 Å². The van der Waals surface area contributed by atoms with E-state index in [4.69, 9.17) is 10.00 Å². The first-order chi connectivity index (χ1) is 11.6. The van der Waals surface area contributed by atoms with Crippen molar-refractivity contribution in [1.29, 1.82) is 5.26 Å². The first kappa shape index (κ1) is 16.4. The molecular formula is C16H16N4O3S. The maximum absolute atomic E-state index is 12.7. The zero-order chi connectivity index (χ0) is 17.0. The van der Waals surface area contributed by atoms with Crippen molar-refractivity contribution >= 4 is 10.0 Å². The minimum atomic E-state index is -3.60. The van der Waals surface area contributed by atoms with Crippen LogP contribution in [0, 0.1) is 11.3 Å². The van der Waals surface area contributed by atoms with Crippen LogP contribution in [0.2, 0.25) is 0 Å². The minimum absolute atomic E-state index is 0.182. The summed E-state index contributed by atoms with van der Waals surface area (Å²) in [6, 6.07) is 11.3. The van der Waals surface area contributed by atoms with Gasteiger partial charge in [-0.1, -0.05) is 0 Å². The van der Waals surface area contributed by atoms with E-state index in [0.29, 0.717) is 24.4 Å². The molecule has 2 aromatic rings. The average molecular weight is 344 g/mol. The van der Waals surface area contributed by atoms with E-state index in [1.165, 1.54) is 28.6 Å². The summed E-state index contributed by atoms with van der Waals surface area (Å²) >= 11 is 0. The van der Waals surface area contributed by atoms with Gasteiger partial charge in [0, 0.05) is 18.8 Å². The topological polar surface area (TPSA) is 96.2 Å². The fourth-order valence-corrected chi connectivity index (χ4v) is 4.10. The number of hydrogen-bond acceptors (Lipinski definition) is 6. The zero-order valence-corrected chi connectivity index (χ0v) is 13.7. The molecule has 0 radical (unpaired) electrons. The third-order valence-electron chi connectivity index (χ3n) is 3.80. The Morgan fingerprint density at radius 1 is 1.25 bits per heavy atom. The number of rotatable bonds is 4. The van der Waals surface area contributed by atoms with Gasteiger partial charge in [-0.05, 0) is 43.2 Å². The van der Waals surface area contributed by atoms with Crippen molar-refractivity contribution in [3.63, 3.8) is 0 Å². The lowest BCUT2D eigenvalue weighted by atomic mass is 10.1. The van der Waals surface area contributed by atoms with Gasteiger partial charge in [0.1, 0.15) is 6.10 Å². The van der Waals surface area contributed by atoms with Gasteiger partial charge in [-0.15, -0.1) is 5.10 Å². The maximum Gasteiger partial charge on any atom is 0.243 e. The second-order valence-corrected chi connectivity index (χ2v) is 7.38. The second kappa shape index (κ2) is 6.95. The molecule has 0 aliphatic carbocycles. The largest absolute Gasteiger partial charge is 0.472 e. The van der Waals surface area contributed by atoms with E-state index in [-0.39, 0.29) is 17.5 Å². The zero-order valence-electron chi connectivity index (χ0n) is 12.9. The highest BCUT2D eigenvalue weighted by atomic mass is 32.2. The minimum Gasteiger partial charge on any atom is -0.472 e. The van der Waals surface area contributed by atoms with E-state index in [9.17, 15) is 8.42 Å². The molecule has 1 aromatic heterocycles. The Morgan fingerprint density at radius 3 is 2.71 bits per heavy atom. The molecule has 1 atom stereocenters. The predicted molar refractivity (Wildman–Crippen MR) is 85.6 cm³/mol. The van der Waals surface area contributed by atoms with E-state index in [1.54, 1.807) is 18.3 Å². The molecule has 24 heavy (non-hydrogen) atoms. The number of nitriles is 1. The van der Waals surface area contributed by atoms with Gasteiger partial charge in [0.05, 0.1) is 23.1 Å². The van der Waals surface area contributed by atoms with Gasteiger partial charge < -0.3 is 4.74 Å². The van der Waals surface area contributed by atoms with Gasteiger partial charge in [-0.25, -0.2) is 8.42 Å². The summed E-state index contributed by atoms with van der Waals surface area (Å²) in [5.41, 5.74) is 0.427. The number of ether oxygens (including phenoxy) is 1. The van der Waals surface area contributed by atoms with Crippen LogP contribution in [-0.4, -0.2) is 42.1 Å². The predicted octanol–water partition coefficient (Wildman–Crippen LogP) is 1.58. The Morgan fingerprint density at radius 2 is 2.04 bits per heavy atom. The highest BCUT2D eigenvalue weighted by molar-refractivity contribution is 7.89. The Balaban J connectivity index is 1.74. The van der Waals surface area contributed by atoms with Crippen molar-refractivity contribution in [2.45, 2.75) is 23.8 Å². The molecular weight excluding hydrogens is 328 g/mol. The molecule has 1 aromatic carbocycles. The highest BCUT2D eigenvalue weighted by Gasteiger charge is 2.31. The van der Waals surface area contributed by atoms with Gasteiger partial charge in [-0.3, -0.25) is 0 Å². The molecule has 0 saturated carbocycles. The molecule has 2 heterocycles. The molecule has 7 nitrogen and oxygen atoms in total. The Kier molecular flexibility index (Phi) is 4.74. The number of sulfonamides is 1. The summed E-state index contributed by atoms with van der Waals surface area (Å²) in [7, 11) is -3.60. The lowest BCUT2D eigenvalue weighted by Gasteiger charge is -2.31. The van der Waals surface area contributed by atoms with Gasteiger partial charge in [0.15, 0.2) is 0 Å². The van der Waals surface area contributed by atoms with Crippen LogP contribution in [0.15, 0.2) is 47.5 Å². The van der Waals surface area contributed by atoms with Gasteiger partial charge in [0.2, 0.25) is 15.9 Å². The SMILES string of the molecule is N#Cc1ccc(S(=O)(=O)N2CCC[C@@H](Oc3cccnn3)C2)cc1. The molecule has 1 aliphatic rings. The van der Waals surface area contributed by atoms with Crippen LogP contribution in [0.5, 0.6) is 5.88 Å². The summed E-state index contributed by atoms with van der Waals surface area (Å²) in [4.78, 5) is 0.182. The molecule has 0 amide bonds. The lowest BCUT2D eigenvalue weighted by molar-refractivity contribution is 0.123. The summed E-state index contributed by atoms with van der Waals surface area (Å²) in [5, 5.41) is 16.4. The number of nitrogens with zero attached hydrogens (tertiary/aromatic N) is 4. The van der Waals surface area contributed by atoms with Crippen molar-refractivity contribution in [2.24, 2.45) is 0 Å². The molecule has 0 bridgehead atoms. The van der Waals surface area contributed by atoms with Crippen molar-refractivity contribution < 1.29 is 13.2 Å². The lowest BCUT2D eigenvalue weighted by Crippen LogP contribution is -2.44. The van der Waals surface area contributed by atoms with Crippen LogP contribution in [0.3, 0.4) is 0 Å². The number of piperidine rings is 1. The van der Waals surface area contributed by atoms with Crippen molar-refractivity contribution in [3.8, 4) is 11.9 Å². The molecule has 3 rings (SSSR count). The van der Waals surface area contributed by atoms with Crippen molar-refractivity contribution in [3.05, 3.63) is 48.2 Å². The molecule has 0 unspecified atom stereocenters. The van der Waals surface area contributed by atoms with E-state index >= 15 is 0 Å². The Bertz CT molecular complexity index is 832. The highest BCUT2D eigenvalue weighted by Crippen LogP contribution is 2.23. The Hall–Kier alpha value is -2.50. The molecule has 0 N–H and O–H groups in total. The van der Waals surface area contributed by atoms with E-state index in [1.807, 2.05) is 6.07 Å². The second-order valence-electron chi connectivity index (χ2n) is 5.44. The standard InChI is InChI=1S/C16H16N4O3S/c17-11-13-5-7-15(8-6-13)24(21,22)20-10-2-3-14(12-20)23-16-4-1-9-18-19-16/h1,4-9,14H,2-3,10,12H2/t14-/m1/s1. The summed E-state index contributed by atoms with van der Waals surface area (Å²) in [5.74, 6) is 0.389.